The number of aromatic hydroxyl groups is 1. The van der Waals surface area contributed by atoms with E-state index >= 15 is 0 Å². The smallest absolute Gasteiger partial charge is 0.146 e. The second-order valence-electron chi connectivity index (χ2n) is 10.5. The molecule has 0 spiro atoms. The fourth-order valence-corrected chi connectivity index (χ4v) is 6.61. The molecule has 0 unspecified atom stereocenters. The largest absolute Gasteiger partial charge is 0.505 e. The standard InChI is InChI=1S/C35H31N5OS2/c1-3-4-5-25-18-22(2)19-34(35(25)41)40-38-32-17-15-29(21-33(32)39-40)43-27-12-8-24(9-13-27)23-6-10-26(11-7-23)42-28-14-16-30(36)31(37)20-28/h6-21,36-37,41H,3-5H2,1-2H3. The number of allylic oxidation sites excluding steroid dienone is 3. The molecule has 1 heterocycles. The lowest BCUT2D eigenvalue weighted by Gasteiger charge is -2.10. The fourth-order valence-electron chi connectivity index (χ4n) is 4.90. The van der Waals surface area contributed by atoms with E-state index in [2.05, 4.69) is 66.6 Å². The van der Waals surface area contributed by atoms with E-state index in [1.807, 2.05) is 37.3 Å². The van der Waals surface area contributed by atoms with Crippen molar-refractivity contribution in [2.24, 2.45) is 0 Å². The number of hydrogen-bond donors (Lipinski definition) is 3. The van der Waals surface area contributed by atoms with Crippen molar-refractivity contribution in [1.82, 2.24) is 15.0 Å². The third-order valence-electron chi connectivity index (χ3n) is 7.18. The molecular weight excluding hydrogens is 571 g/mol. The van der Waals surface area contributed by atoms with Gasteiger partial charge in [-0.1, -0.05) is 67.2 Å². The molecule has 1 aliphatic rings. The van der Waals surface area contributed by atoms with Crippen molar-refractivity contribution in [1.29, 1.82) is 10.8 Å². The number of aromatic nitrogens is 3. The number of rotatable bonds is 9. The Morgan fingerprint density at radius 2 is 1.40 bits per heavy atom. The van der Waals surface area contributed by atoms with Crippen LogP contribution >= 0.6 is 23.5 Å². The molecule has 214 valence electrons. The first-order valence-electron chi connectivity index (χ1n) is 14.2. The van der Waals surface area contributed by atoms with E-state index in [9.17, 15) is 5.11 Å². The zero-order chi connectivity index (χ0) is 29.9. The molecule has 8 heteroatoms. The summed E-state index contributed by atoms with van der Waals surface area (Å²) in [5.41, 5.74) is 6.96. The van der Waals surface area contributed by atoms with Crippen LogP contribution in [-0.2, 0) is 6.42 Å². The van der Waals surface area contributed by atoms with E-state index in [0.29, 0.717) is 5.69 Å². The first-order chi connectivity index (χ1) is 20.9. The van der Waals surface area contributed by atoms with E-state index in [0.717, 1.165) is 72.1 Å². The Balaban J connectivity index is 1.15. The Kier molecular flexibility index (Phi) is 8.31. The van der Waals surface area contributed by atoms with Gasteiger partial charge >= 0.3 is 0 Å². The van der Waals surface area contributed by atoms with Crippen LogP contribution in [0.2, 0.25) is 0 Å². The molecule has 0 atom stereocenters. The van der Waals surface area contributed by atoms with Gasteiger partial charge in [-0.15, -0.1) is 15.0 Å². The van der Waals surface area contributed by atoms with Gasteiger partial charge in [0.15, 0.2) is 0 Å². The number of phenolic OH excluding ortho intramolecular Hbond substituents is 1. The predicted molar refractivity (Wildman–Crippen MR) is 178 cm³/mol. The predicted octanol–water partition coefficient (Wildman–Crippen LogP) is 9.18. The highest BCUT2D eigenvalue weighted by molar-refractivity contribution is 8.03. The molecule has 1 aromatic heterocycles. The molecule has 6 nitrogen and oxygen atoms in total. The van der Waals surface area contributed by atoms with Crippen molar-refractivity contribution in [3.8, 4) is 22.6 Å². The summed E-state index contributed by atoms with van der Waals surface area (Å²) in [5.74, 6) is 0.254. The lowest BCUT2D eigenvalue weighted by molar-refractivity contribution is 0.459. The first kappa shape index (κ1) is 28.7. The summed E-state index contributed by atoms with van der Waals surface area (Å²) in [7, 11) is 0. The molecule has 0 bridgehead atoms. The van der Waals surface area contributed by atoms with Gasteiger partial charge < -0.3 is 5.11 Å². The summed E-state index contributed by atoms with van der Waals surface area (Å²) in [6.07, 6.45) is 8.21. The van der Waals surface area contributed by atoms with Crippen LogP contribution in [0.15, 0.2) is 117 Å². The zero-order valence-corrected chi connectivity index (χ0v) is 25.6. The highest BCUT2D eigenvalue weighted by Gasteiger charge is 2.14. The maximum atomic E-state index is 10.9. The monoisotopic (exact) mass is 601 g/mol. The highest BCUT2D eigenvalue weighted by Crippen LogP contribution is 2.34. The van der Waals surface area contributed by atoms with Gasteiger partial charge in [0.05, 0.1) is 11.4 Å². The fraction of sp³-hybridized carbons (Fsp3) is 0.143. The van der Waals surface area contributed by atoms with Gasteiger partial charge in [0.25, 0.3) is 0 Å². The van der Waals surface area contributed by atoms with Crippen LogP contribution in [0.4, 0.5) is 0 Å². The quantitative estimate of drug-likeness (QED) is 0.146. The van der Waals surface area contributed by atoms with Crippen LogP contribution in [0.5, 0.6) is 5.75 Å². The van der Waals surface area contributed by atoms with E-state index < -0.39 is 0 Å². The normalized spacial score (nSPS) is 13.1. The maximum Gasteiger partial charge on any atom is 0.146 e. The van der Waals surface area contributed by atoms with Gasteiger partial charge in [0, 0.05) is 19.6 Å². The minimum absolute atomic E-state index is 0.240. The summed E-state index contributed by atoms with van der Waals surface area (Å²) in [6.45, 7) is 4.18. The third kappa shape index (κ3) is 6.50. The van der Waals surface area contributed by atoms with Crippen LogP contribution in [-0.4, -0.2) is 31.5 Å². The molecule has 5 aromatic rings. The van der Waals surface area contributed by atoms with Crippen molar-refractivity contribution < 1.29 is 5.11 Å². The number of thioether (sulfide) groups is 1. The molecule has 0 aliphatic heterocycles. The second kappa shape index (κ2) is 12.5. The number of phenols is 1. The summed E-state index contributed by atoms with van der Waals surface area (Å²) >= 11 is 3.27. The summed E-state index contributed by atoms with van der Waals surface area (Å²) in [6, 6.07) is 27.0. The molecule has 1 aliphatic carbocycles. The minimum atomic E-state index is 0.240. The van der Waals surface area contributed by atoms with Crippen molar-refractivity contribution in [3.05, 3.63) is 113 Å². The van der Waals surface area contributed by atoms with E-state index in [-0.39, 0.29) is 17.2 Å². The summed E-state index contributed by atoms with van der Waals surface area (Å²) in [5, 5.41) is 35.8. The lowest BCUT2D eigenvalue weighted by Crippen LogP contribution is -2.09. The van der Waals surface area contributed by atoms with Crippen LogP contribution in [0, 0.1) is 17.7 Å². The third-order valence-corrected chi connectivity index (χ3v) is 9.18. The van der Waals surface area contributed by atoms with Gasteiger partial charge in [-0.3, -0.25) is 10.8 Å². The SMILES string of the molecule is CCCCc1cc(C)cc(-n2nc3ccc(Sc4ccc(-c5ccc(SC6=CC(=N)C(=N)C=C6)cc5)cc4)cc3n2)c1O. The Hall–Kier alpha value is -4.40. The van der Waals surface area contributed by atoms with Crippen LogP contribution in [0.25, 0.3) is 27.8 Å². The van der Waals surface area contributed by atoms with Crippen LogP contribution in [0.3, 0.4) is 0 Å². The topological polar surface area (TPSA) is 98.6 Å². The lowest BCUT2D eigenvalue weighted by atomic mass is 10.0. The average Bonchev–Trinajstić information content (AvgIpc) is 3.43. The number of fused-ring (bicyclic) bond motifs is 1. The van der Waals surface area contributed by atoms with E-state index in [1.165, 1.54) is 0 Å². The van der Waals surface area contributed by atoms with Crippen molar-refractivity contribution in [2.75, 3.05) is 0 Å². The van der Waals surface area contributed by atoms with E-state index in [1.54, 1.807) is 40.5 Å². The van der Waals surface area contributed by atoms with Crippen LogP contribution < -0.4 is 0 Å². The molecule has 3 N–H and O–H groups in total. The molecule has 0 fully saturated rings. The van der Waals surface area contributed by atoms with E-state index in [4.69, 9.17) is 15.9 Å². The molecule has 6 rings (SSSR count). The Labute approximate surface area is 259 Å². The number of benzene rings is 4. The van der Waals surface area contributed by atoms with Gasteiger partial charge in [0.2, 0.25) is 0 Å². The van der Waals surface area contributed by atoms with Gasteiger partial charge in [0.1, 0.15) is 22.5 Å². The molecular formula is C35H31N5OS2. The minimum Gasteiger partial charge on any atom is -0.505 e. The number of nitrogens with zero attached hydrogens (tertiary/aromatic N) is 3. The Bertz CT molecular complexity index is 1900. The van der Waals surface area contributed by atoms with Gasteiger partial charge in [-0.2, -0.15) is 0 Å². The highest BCUT2D eigenvalue weighted by atomic mass is 32.2. The average molecular weight is 602 g/mol. The van der Waals surface area contributed by atoms with Gasteiger partial charge in [-0.25, -0.2) is 0 Å². The van der Waals surface area contributed by atoms with Gasteiger partial charge in [-0.05, 0) is 109 Å². The molecule has 0 radical (unpaired) electrons. The zero-order valence-electron chi connectivity index (χ0n) is 24.0. The summed E-state index contributed by atoms with van der Waals surface area (Å²) < 4.78 is 0. The first-order valence-corrected chi connectivity index (χ1v) is 15.8. The number of nitrogens with one attached hydrogen (secondary N) is 2. The molecule has 0 saturated heterocycles. The number of hydrogen-bond acceptors (Lipinski definition) is 7. The van der Waals surface area contributed by atoms with Crippen molar-refractivity contribution in [2.45, 2.75) is 47.8 Å². The van der Waals surface area contributed by atoms with Crippen molar-refractivity contribution in [3.63, 3.8) is 0 Å². The second-order valence-corrected chi connectivity index (χ2v) is 12.8. The summed E-state index contributed by atoms with van der Waals surface area (Å²) in [4.78, 5) is 5.80. The van der Waals surface area contributed by atoms with Crippen molar-refractivity contribution >= 4 is 46.0 Å². The number of aryl methyl sites for hydroxylation is 2. The Morgan fingerprint density at radius 1 is 0.744 bits per heavy atom. The molecule has 0 saturated carbocycles. The maximum absolute atomic E-state index is 10.9. The molecule has 43 heavy (non-hydrogen) atoms. The number of unbranched alkanes of at least 4 members (excludes halogenated alkanes) is 1. The Morgan fingerprint density at radius 3 is 2.07 bits per heavy atom. The molecule has 4 aromatic carbocycles. The van der Waals surface area contributed by atoms with Crippen LogP contribution in [0.1, 0.15) is 30.9 Å². The molecule has 0 amide bonds.